The molecule has 0 amide bonds. The Morgan fingerprint density at radius 3 is 2.44 bits per heavy atom. The molecule has 1 saturated heterocycles. The van der Waals surface area contributed by atoms with Gasteiger partial charge in [0.05, 0.1) is 13.2 Å². The van der Waals surface area contributed by atoms with Gasteiger partial charge in [0.1, 0.15) is 0 Å². The van der Waals surface area contributed by atoms with Gasteiger partial charge in [-0.1, -0.05) is 19.1 Å². The monoisotopic (exact) mass is 344 g/mol. The van der Waals surface area contributed by atoms with Crippen LogP contribution in [0.4, 0.5) is 5.69 Å². The molecule has 1 aliphatic carbocycles. The summed E-state index contributed by atoms with van der Waals surface area (Å²) in [6.45, 7) is 6.76. The van der Waals surface area contributed by atoms with E-state index < -0.39 is 0 Å². The van der Waals surface area contributed by atoms with Gasteiger partial charge in [-0.2, -0.15) is 0 Å². The van der Waals surface area contributed by atoms with E-state index in [0.29, 0.717) is 6.04 Å². The third kappa shape index (κ3) is 5.36. The quantitative estimate of drug-likeness (QED) is 0.651. The van der Waals surface area contributed by atoms with Crippen LogP contribution in [0.1, 0.15) is 38.2 Å². The van der Waals surface area contributed by atoms with E-state index in [1.807, 2.05) is 7.05 Å². The first kappa shape index (κ1) is 18.1. The Kier molecular flexibility index (Phi) is 6.56. The zero-order valence-corrected chi connectivity index (χ0v) is 15.6. The van der Waals surface area contributed by atoms with Crippen LogP contribution in [0.25, 0.3) is 0 Å². The van der Waals surface area contributed by atoms with E-state index in [9.17, 15) is 0 Å². The van der Waals surface area contributed by atoms with E-state index in [1.54, 1.807) is 0 Å². The molecule has 1 aromatic rings. The van der Waals surface area contributed by atoms with Crippen LogP contribution in [0.15, 0.2) is 29.3 Å². The van der Waals surface area contributed by atoms with Crippen LogP contribution < -0.4 is 15.5 Å². The van der Waals surface area contributed by atoms with Crippen molar-refractivity contribution in [3.63, 3.8) is 0 Å². The Hall–Kier alpha value is -1.75. The standard InChI is InChI=1S/C20H32N4O/c1-16-3-7-18(8-4-16)23-20(21-2)22-15-17-5-9-19(10-6-17)24-11-13-25-14-12-24/h5-6,9-10,16,18H,3-4,7-8,11-15H2,1-2H3,(H2,21,22,23). The molecule has 2 fully saturated rings. The first-order chi connectivity index (χ1) is 12.2. The summed E-state index contributed by atoms with van der Waals surface area (Å²) in [4.78, 5) is 6.76. The zero-order chi connectivity index (χ0) is 17.5. The SMILES string of the molecule is CN=C(NCc1ccc(N2CCOCC2)cc1)NC1CCC(C)CC1. The number of nitrogens with one attached hydrogen (secondary N) is 2. The molecule has 0 unspecified atom stereocenters. The Balaban J connectivity index is 1.46. The molecular weight excluding hydrogens is 312 g/mol. The van der Waals surface area contributed by atoms with Crippen molar-refractivity contribution in [1.29, 1.82) is 0 Å². The van der Waals surface area contributed by atoms with Gasteiger partial charge < -0.3 is 20.3 Å². The Labute approximate surface area is 151 Å². The fourth-order valence-corrected chi connectivity index (χ4v) is 3.62. The average Bonchev–Trinajstić information content (AvgIpc) is 2.68. The highest BCUT2D eigenvalue weighted by atomic mass is 16.5. The van der Waals surface area contributed by atoms with Gasteiger partial charge in [0.25, 0.3) is 0 Å². The summed E-state index contributed by atoms with van der Waals surface area (Å²) in [5.74, 6) is 1.79. The minimum absolute atomic E-state index is 0.561. The van der Waals surface area contributed by atoms with Gasteiger partial charge in [-0.25, -0.2) is 0 Å². The van der Waals surface area contributed by atoms with E-state index in [0.717, 1.165) is 44.7 Å². The lowest BCUT2D eigenvalue weighted by atomic mass is 9.87. The third-order valence-electron chi connectivity index (χ3n) is 5.35. The number of benzene rings is 1. The molecule has 0 aromatic heterocycles. The second-order valence-corrected chi connectivity index (χ2v) is 7.29. The van der Waals surface area contributed by atoms with Crippen molar-refractivity contribution in [3.05, 3.63) is 29.8 Å². The molecule has 5 nitrogen and oxygen atoms in total. The molecule has 2 N–H and O–H groups in total. The molecule has 25 heavy (non-hydrogen) atoms. The van der Waals surface area contributed by atoms with E-state index in [-0.39, 0.29) is 0 Å². The largest absolute Gasteiger partial charge is 0.378 e. The number of ether oxygens (including phenoxy) is 1. The topological polar surface area (TPSA) is 48.9 Å². The maximum Gasteiger partial charge on any atom is 0.191 e. The lowest BCUT2D eigenvalue weighted by molar-refractivity contribution is 0.122. The number of nitrogens with zero attached hydrogens (tertiary/aromatic N) is 2. The molecule has 3 rings (SSSR count). The number of anilines is 1. The summed E-state index contributed by atoms with van der Waals surface area (Å²) in [6, 6.07) is 9.38. The summed E-state index contributed by atoms with van der Waals surface area (Å²) in [6.07, 6.45) is 5.13. The van der Waals surface area contributed by atoms with Crippen LogP contribution in [0.2, 0.25) is 0 Å². The Morgan fingerprint density at radius 1 is 1.12 bits per heavy atom. The van der Waals surface area contributed by atoms with Crippen molar-refractivity contribution < 1.29 is 4.74 Å². The summed E-state index contributed by atoms with van der Waals surface area (Å²) in [5, 5.41) is 7.02. The molecule has 0 bridgehead atoms. The summed E-state index contributed by atoms with van der Waals surface area (Å²) < 4.78 is 5.42. The van der Waals surface area contributed by atoms with Crippen molar-refractivity contribution >= 4 is 11.6 Å². The number of hydrogen-bond acceptors (Lipinski definition) is 3. The minimum atomic E-state index is 0.561. The smallest absolute Gasteiger partial charge is 0.191 e. The maximum atomic E-state index is 5.42. The highest BCUT2D eigenvalue weighted by Gasteiger charge is 2.18. The Bertz CT molecular complexity index is 543. The maximum absolute atomic E-state index is 5.42. The predicted molar refractivity (Wildman–Crippen MR) is 104 cm³/mol. The van der Waals surface area contributed by atoms with Crippen LogP contribution in [0, 0.1) is 5.92 Å². The van der Waals surface area contributed by atoms with E-state index >= 15 is 0 Å². The van der Waals surface area contributed by atoms with Gasteiger partial charge in [-0.05, 0) is 49.3 Å². The van der Waals surface area contributed by atoms with Crippen LogP contribution in [-0.2, 0) is 11.3 Å². The number of rotatable bonds is 4. The Morgan fingerprint density at radius 2 is 1.80 bits per heavy atom. The molecule has 0 atom stereocenters. The second-order valence-electron chi connectivity index (χ2n) is 7.29. The molecule has 5 heteroatoms. The second kappa shape index (κ2) is 9.09. The molecule has 0 radical (unpaired) electrons. The van der Waals surface area contributed by atoms with Crippen molar-refractivity contribution in [2.45, 2.75) is 45.2 Å². The minimum Gasteiger partial charge on any atom is -0.378 e. The van der Waals surface area contributed by atoms with Gasteiger partial charge in [0, 0.05) is 38.4 Å². The van der Waals surface area contributed by atoms with Crippen molar-refractivity contribution in [2.24, 2.45) is 10.9 Å². The van der Waals surface area contributed by atoms with Crippen LogP contribution in [-0.4, -0.2) is 45.4 Å². The molecule has 1 aliphatic heterocycles. The van der Waals surface area contributed by atoms with Crippen molar-refractivity contribution in [2.75, 3.05) is 38.3 Å². The molecule has 0 spiro atoms. The first-order valence-electron chi connectivity index (χ1n) is 9.63. The number of guanidine groups is 1. The van der Waals surface area contributed by atoms with Gasteiger partial charge in [0.2, 0.25) is 0 Å². The summed E-state index contributed by atoms with van der Waals surface area (Å²) in [7, 11) is 1.85. The lowest BCUT2D eigenvalue weighted by Crippen LogP contribution is -2.44. The van der Waals surface area contributed by atoms with Gasteiger partial charge >= 0.3 is 0 Å². The summed E-state index contributed by atoms with van der Waals surface area (Å²) in [5.41, 5.74) is 2.56. The van der Waals surface area contributed by atoms with Gasteiger partial charge in [-0.15, -0.1) is 0 Å². The number of aliphatic imine (C=N–C) groups is 1. The van der Waals surface area contributed by atoms with E-state index in [2.05, 4.69) is 51.7 Å². The van der Waals surface area contributed by atoms with E-state index in [1.165, 1.54) is 36.9 Å². The van der Waals surface area contributed by atoms with Crippen molar-refractivity contribution in [3.8, 4) is 0 Å². The van der Waals surface area contributed by atoms with Gasteiger partial charge in [0.15, 0.2) is 5.96 Å². The van der Waals surface area contributed by atoms with Crippen LogP contribution >= 0.6 is 0 Å². The molecule has 2 aliphatic rings. The number of hydrogen-bond donors (Lipinski definition) is 2. The van der Waals surface area contributed by atoms with Crippen LogP contribution in [0.3, 0.4) is 0 Å². The first-order valence-corrected chi connectivity index (χ1v) is 9.63. The molecule has 1 heterocycles. The van der Waals surface area contributed by atoms with E-state index in [4.69, 9.17) is 4.74 Å². The molecule has 138 valence electrons. The molecular formula is C20H32N4O. The molecule has 1 aromatic carbocycles. The lowest BCUT2D eigenvalue weighted by Gasteiger charge is -2.29. The third-order valence-corrected chi connectivity index (χ3v) is 5.35. The summed E-state index contributed by atoms with van der Waals surface area (Å²) >= 11 is 0. The van der Waals surface area contributed by atoms with Crippen LogP contribution in [0.5, 0.6) is 0 Å². The highest BCUT2D eigenvalue weighted by Crippen LogP contribution is 2.23. The van der Waals surface area contributed by atoms with Gasteiger partial charge in [-0.3, -0.25) is 4.99 Å². The normalized spacial score (nSPS) is 24.9. The zero-order valence-electron chi connectivity index (χ0n) is 15.6. The predicted octanol–water partition coefficient (Wildman–Crippen LogP) is 2.77. The fraction of sp³-hybridized carbons (Fsp3) is 0.650. The number of morpholine rings is 1. The average molecular weight is 345 g/mol. The highest BCUT2D eigenvalue weighted by molar-refractivity contribution is 5.79. The molecule has 1 saturated carbocycles. The van der Waals surface area contributed by atoms with Crippen molar-refractivity contribution in [1.82, 2.24) is 10.6 Å². The fourth-order valence-electron chi connectivity index (χ4n) is 3.62.